The van der Waals surface area contributed by atoms with Crippen molar-refractivity contribution in [1.82, 2.24) is 9.88 Å². The molecule has 1 heterocycles. The fourth-order valence-corrected chi connectivity index (χ4v) is 1.42. The van der Waals surface area contributed by atoms with Crippen LogP contribution in [0, 0.1) is 0 Å². The number of carboxylic acids is 1. The topological polar surface area (TPSA) is 80.6 Å². The largest absolute Gasteiger partial charge is 0.477 e. The molecule has 0 aliphatic carbocycles. The van der Waals surface area contributed by atoms with Crippen LogP contribution in [0.1, 0.15) is 37.0 Å². The summed E-state index contributed by atoms with van der Waals surface area (Å²) >= 11 is 0. The van der Waals surface area contributed by atoms with Crippen molar-refractivity contribution in [3.8, 4) is 0 Å². The van der Waals surface area contributed by atoms with E-state index in [0.29, 0.717) is 5.69 Å². The van der Waals surface area contributed by atoms with Gasteiger partial charge in [0.2, 0.25) is 0 Å². The number of nitrogens with zero attached hydrogens (tertiary/aromatic N) is 1. The van der Waals surface area contributed by atoms with Crippen molar-refractivity contribution in [2.75, 3.05) is 0 Å². The van der Waals surface area contributed by atoms with Gasteiger partial charge in [0, 0.05) is 12.7 Å². The van der Waals surface area contributed by atoms with E-state index in [2.05, 4.69) is 5.32 Å². The number of carboxylic acid groups (broad SMARTS) is 1. The Labute approximate surface area is 106 Å². The quantitative estimate of drug-likeness (QED) is 0.861. The molecule has 6 nitrogen and oxygen atoms in total. The number of carbonyl (C=O) groups excluding carboxylic acids is 1. The minimum absolute atomic E-state index is 0.177. The second kappa shape index (κ2) is 5.12. The van der Waals surface area contributed by atoms with Crippen LogP contribution in [-0.4, -0.2) is 27.3 Å². The molecule has 0 radical (unpaired) electrons. The Balaban J connectivity index is 2.59. The van der Waals surface area contributed by atoms with Gasteiger partial charge in [-0.2, -0.15) is 0 Å². The summed E-state index contributed by atoms with van der Waals surface area (Å²) in [5.74, 6) is -0.999. The summed E-state index contributed by atoms with van der Waals surface area (Å²) in [5, 5.41) is 11.5. The smallest absolute Gasteiger partial charge is 0.407 e. The first-order valence-electron chi connectivity index (χ1n) is 5.55. The summed E-state index contributed by atoms with van der Waals surface area (Å²) in [7, 11) is 1.63. The van der Waals surface area contributed by atoms with Crippen LogP contribution in [0.15, 0.2) is 12.1 Å². The van der Waals surface area contributed by atoms with Crippen molar-refractivity contribution in [3.05, 3.63) is 23.5 Å². The average Bonchev–Trinajstić information content (AvgIpc) is 2.54. The Morgan fingerprint density at radius 3 is 2.44 bits per heavy atom. The van der Waals surface area contributed by atoms with Gasteiger partial charge in [-0.05, 0) is 32.9 Å². The summed E-state index contributed by atoms with van der Waals surface area (Å²) in [5.41, 5.74) is 0.319. The summed E-state index contributed by atoms with van der Waals surface area (Å²) in [6.07, 6.45) is -0.527. The highest BCUT2D eigenvalue weighted by atomic mass is 16.6. The lowest BCUT2D eigenvalue weighted by atomic mass is 10.2. The number of aromatic nitrogens is 1. The Hall–Kier alpha value is -1.98. The molecule has 0 saturated carbocycles. The zero-order valence-corrected chi connectivity index (χ0v) is 11.0. The van der Waals surface area contributed by atoms with Crippen molar-refractivity contribution in [1.29, 1.82) is 0 Å². The van der Waals surface area contributed by atoms with E-state index in [1.807, 2.05) is 0 Å². The highest BCUT2D eigenvalue weighted by molar-refractivity contribution is 5.86. The molecule has 2 N–H and O–H groups in total. The maximum Gasteiger partial charge on any atom is 0.407 e. The number of ether oxygens (including phenoxy) is 1. The molecule has 0 saturated heterocycles. The van der Waals surface area contributed by atoms with Crippen LogP contribution in [0.4, 0.5) is 4.79 Å². The van der Waals surface area contributed by atoms with Crippen LogP contribution >= 0.6 is 0 Å². The van der Waals surface area contributed by atoms with Gasteiger partial charge >= 0.3 is 12.1 Å². The normalized spacial score (nSPS) is 11.1. The zero-order chi connectivity index (χ0) is 13.9. The molecule has 0 aliphatic heterocycles. The fraction of sp³-hybridized carbons (Fsp3) is 0.500. The molecule has 1 rings (SSSR count). The van der Waals surface area contributed by atoms with Gasteiger partial charge in [-0.25, -0.2) is 9.59 Å². The molecule has 0 atom stereocenters. The number of hydrogen-bond acceptors (Lipinski definition) is 3. The molecule has 1 aromatic rings. The lowest BCUT2D eigenvalue weighted by molar-refractivity contribution is 0.0522. The van der Waals surface area contributed by atoms with Crippen LogP contribution in [0.25, 0.3) is 0 Å². The van der Waals surface area contributed by atoms with Crippen molar-refractivity contribution in [2.24, 2.45) is 7.05 Å². The van der Waals surface area contributed by atoms with E-state index in [0.717, 1.165) is 0 Å². The average molecular weight is 254 g/mol. The number of alkyl carbamates (subject to hydrolysis) is 1. The summed E-state index contributed by atoms with van der Waals surface area (Å²) < 4.78 is 6.59. The van der Waals surface area contributed by atoms with E-state index in [-0.39, 0.29) is 12.2 Å². The standard InChI is InChI=1S/C12H18N2O4/c1-12(2,3)18-11(17)13-7-8-5-6-9(10(15)16)14(8)4/h5-6H,7H2,1-4H3,(H,13,17)(H,15,16). The Morgan fingerprint density at radius 2 is 2.00 bits per heavy atom. The molecule has 0 bridgehead atoms. The third-order valence-electron chi connectivity index (χ3n) is 2.26. The highest BCUT2D eigenvalue weighted by Gasteiger charge is 2.16. The van der Waals surface area contributed by atoms with Crippen molar-refractivity contribution in [3.63, 3.8) is 0 Å². The van der Waals surface area contributed by atoms with E-state index in [1.54, 1.807) is 33.9 Å². The summed E-state index contributed by atoms with van der Waals surface area (Å²) in [6.45, 7) is 5.55. The van der Waals surface area contributed by atoms with Gasteiger partial charge in [0.25, 0.3) is 0 Å². The molecule has 0 aliphatic rings. The molecule has 6 heteroatoms. The van der Waals surface area contributed by atoms with Crippen LogP contribution in [0.3, 0.4) is 0 Å². The molecule has 100 valence electrons. The van der Waals surface area contributed by atoms with Gasteiger partial charge in [0.1, 0.15) is 11.3 Å². The molecule has 1 aromatic heterocycles. The molecule has 1 amide bonds. The van der Waals surface area contributed by atoms with Crippen molar-refractivity contribution in [2.45, 2.75) is 32.9 Å². The number of amides is 1. The number of rotatable bonds is 3. The van der Waals surface area contributed by atoms with E-state index < -0.39 is 17.7 Å². The van der Waals surface area contributed by atoms with Gasteiger partial charge in [-0.1, -0.05) is 0 Å². The SMILES string of the molecule is Cn1c(CNC(=O)OC(C)(C)C)ccc1C(=O)O. The lowest BCUT2D eigenvalue weighted by Gasteiger charge is -2.19. The fourth-order valence-electron chi connectivity index (χ4n) is 1.42. The second-order valence-corrected chi connectivity index (χ2v) is 4.93. The molecule has 0 spiro atoms. The highest BCUT2D eigenvalue weighted by Crippen LogP contribution is 2.09. The first kappa shape index (κ1) is 14.1. The van der Waals surface area contributed by atoms with Crippen molar-refractivity contribution < 1.29 is 19.4 Å². The first-order valence-corrected chi connectivity index (χ1v) is 5.55. The minimum Gasteiger partial charge on any atom is -0.477 e. The van der Waals surface area contributed by atoms with E-state index in [9.17, 15) is 9.59 Å². The molecule has 0 aromatic carbocycles. The van der Waals surface area contributed by atoms with E-state index >= 15 is 0 Å². The number of aromatic carboxylic acids is 1. The van der Waals surface area contributed by atoms with Crippen LogP contribution in [0.5, 0.6) is 0 Å². The summed E-state index contributed by atoms with van der Waals surface area (Å²) in [6, 6.07) is 3.15. The van der Waals surface area contributed by atoms with Gasteiger partial charge in [-0.3, -0.25) is 0 Å². The number of carbonyl (C=O) groups is 2. The Morgan fingerprint density at radius 1 is 1.39 bits per heavy atom. The van der Waals surface area contributed by atoms with Gasteiger partial charge < -0.3 is 19.7 Å². The van der Waals surface area contributed by atoms with Gasteiger partial charge in [0.05, 0.1) is 6.54 Å². The van der Waals surface area contributed by atoms with Crippen LogP contribution < -0.4 is 5.32 Å². The molecule has 0 unspecified atom stereocenters. The Kier molecular flexibility index (Phi) is 4.00. The zero-order valence-electron chi connectivity index (χ0n) is 11.0. The number of nitrogens with one attached hydrogen (secondary N) is 1. The van der Waals surface area contributed by atoms with Crippen LogP contribution in [0.2, 0.25) is 0 Å². The predicted molar refractivity (Wildman–Crippen MR) is 65.4 cm³/mol. The van der Waals surface area contributed by atoms with Gasteiger partial charge in [0.15, 0.2) is 0 Å². The molecule has 0 fully saturated rings. The Bertz CT molecular complexity index is 457. The molecular formula is C12H18N2O4. The maximum atomic E-state index is 11.4. The molecular weight excluding hydrogens is 236 g/mol. The maximum absolute atomic E-state index is 11.4. The predicted octanol–water partition coefficient (Wildman–Crippen LogP) is 1.75. The molecule has 18 heavy (non-hydrogen) atoms. The summed E-state index contributed by atoms with van der Waals surface area (Å²) in [4.78, 5) is 22.3. The van der Waals surface area contributed by atoms with E-state index in [4.69, 9.17) is 9.84 Å². The minimum atomic E-state index is -0.999. The first-order chi connectivity index (χ1) is 8.20. The number of hydrogen-bond donors (Lipinski definition) is 2. The van der Waals surface area contributed by atoms with Crippen LogP contribution in [-0.2, 0) is 18.3 Å². The van der Waals surface area contributed by atoms with Gasteiger partial charge in [-0.15, -0.1) is 0 Å². The third-order valence-corrected chi connectivity index (χ3v) is 2.26. The lowest BCUT2D eigenvalue weighted by Crippen LogP contribution is -2.32. The van der Waals surface area contributed by atoms with E-state index in [1.165, 1.54) is 10.6 Å². The monoisotopic (exact) mass is 254 g/mol. The van der Waals surface area contributed by atoms with Crippen molar-refractivity contribution >= 4 is 12.1 Å². The third kappa shape index (κ3) is 3.80. The second-order valence-electron chi connectivity index (χ2n) is 4.93.